The van der Waals surface area contributed by atoms with Crippen molar-refractivity contribution in [1.82, 2.24) is 20.6 Å². The lowest BCUT2D eigenvalue weighted by atomic mass is 10.0. The molecule has 0 radical (unpaired) electrons. The Labute approximate surface area is 115 Å². The van der Waals surface area contributed by atoms with Crippen LogP contribution in [0.25, 0.3) is 0 Å². The smallest absolute Gasteiger partial charge is 0.193 e. The Kier molecular flexibility index (Phi) is 3.33. The Morgan fingerprint density at radius 1 is 1.00 bits per heavy atom. The summed E-state index contributed by atoms with van der Waals surface area (Å²) in [6, 6.07) is 16.7. The fourth-order valence-electron chi connectivity index (χ4n) is 2.02. The number of hydrogen-bond acceptors (Lipinski definition) is 4. The first-order valence-corrected chi connectivity index (χ1v) is 6.24. The van der Waals surface area contributed by atoms with Gasteiger partial charge in [0.05, 0.1) is 0 Å². The second kappa shape index (κ2) is 5.44. The number of hydrogen-bond donors (Lipinski definition) is 1. The van der Waals surface area contributed by atoms with E-state index in [2.05, 4.69) is 20.6 Å². The van der Waals surface area contributed by atoms with Gasteiger partial charge in [0.1, 0.15) is 0 Å². The van der Waals surface area contributed by atoms with Crippen LogP contribution < -0.4 is 0 Å². The van der Waals surface area contributed by atoms with Crippen LogP contribution in [0.5, 0.6) is 0 Å². The van der Waals surface area contributed by atoms with Gasteiger partial charge in [-0.1, -0.05) is 53.7 Å². The summed E-state index contributed by atoms with van der Waals surface area (Å²) in [6.07, 6.45) is 0.548. The van der Waals surface area contributed by atoms with Crippen LogP contribution in [0.3, 0.4) is 0 Å². The highest BCUT2D eigenvalue weighted by molar-refractivity contribution is 6.09. The zero-order chi connectivity index (χ0) is 13.8. The van der Waals surface area contributed by atoms with Gasteiger partial charge < -0.3 is 0 Å². The van der Waals surface area contributed by atoms with E-state index in [0.29, 0.717) is 23.4 Å². The van der Waals surface area contributed by atoms with Crippen molar-refractivity contribution in [1.29, 1.82) is 0 Å². The predicted molar refractivity (Wildman–Crippen MR) is 73.3 cm³/mol. The lowest BCUT2D eigenvalue weighted by Gasteiger charge is -2.03. The number of aromatic amines is 1. The van der Waals surface area contributed by atoms with Crippen LogP contribution in [0.2, 0.25) is 0 Å². The summed E-state index contributed by atoms with van der Waals surface area (Å²) in [4.78, 5) is 12.4. The molecule has 0 saturated heterocycles. The maximum atomic E-state index is 12.4. The number of nitrogens with zero attached hydrogens (tertiary/aromatic N) is 3. The van der Waals surface area contributed by atoms with Crippen molar-refractivity contribution in [2.45, 2.75) is 6.42 Å². The van der Waals surface area contributed by atoms with Crippen LogP contribution in [0.4, 0.5) is 0 Å². The third kappa shape index (κ3) is 2.61. The van der Waals surface area contributed by atoms with Crippen molar-refractivity contribution in [3.8, 4) is 0 Å². The first kappa shape index (κ1) is 12.2. The van der Waals surface area contributed by atoms with Gasteiger partial charge in [-0.2, -0.15) is 5.21 Å². The maximum absolute atomic E-state index is 12.4. The van der Waals surface area contributed by atoms with Crippen molar-refractivity contribution in [2.75, 3.05) is 0 Å². The average molecular weight is 264 g/mol. The number of benzene rings is 2. The van der Waals surface area contributed by atoms with Gasteiger partial charge in [-0.3, -0.25) is 4.79 Å². The van der Waals surface area contributed by atoms with E-state index >= 15 is 0 Å². The topological polar surface area (TPSA) is 71.5 Å². The molecule has 98 valence electrons. The highest BCUT2D eigenvalue weighted by Gasteiger charge is 2.09. The van der Waals surface area contributed by atoms with Gasteiger partial charge in [0.25, 0.3) is 0 Å². The molecule has 0 fully saturated rings. The molecular formula is C15H12N4O. The van der Waals surface area contributed by atoms with Crippen molar-refractivity contribution < 1.29 is 4.79 Å². The second-order valence-corrected chi connectivity index (χ2v) is 4.40. The van der Waals surface area contributed by atoms with Crippen LogP contribution in [0.1, 0.15) is 27.3 Å². The van der Waals surface area contributed by atoms with Gasteiger partial charge in [-0.25, -0.2) is 0 Å². The molecule has 1 heterocycles. The summed E-state index contributed by atoms with van der Waals surface area (Å²) in [5, 5.41) is 13.8. The highest BCUT2D eigenvalue weighted by Crippen LogP contribution is 2.13. The molecule has 0 aliphatic rings. The number of rotatable bonds is 4. The molecule has 0 amide bonds. The van der Waals surface area contributed by atoms with E-state index in [0.717, 1.165) is 5.56 Å². The minimum Gasteiger partial charge on any atom is -0.289 e. The SMILES string of the molecule is O=C(c1ccccc1)c1cccc(Cc2nn[nH]n2)c1. The zero-order valence-electron chi connectivity index (χ0n) is 10.7. The van der Waals surface area contributed by atoms with E-state index in [1.54, 1.807) is 0 Å². The van der Waals surface area contributed by atoms with Gasteiger partial charge in [0.2, 0.25) is 0 Å². The molecule has 5 nitrogen and oxygen atoms in total. The van der Waals surface area contributed by atoms with E-state index in [1.165, 1.54) is 0 Å². The van der Waals surface area contributed by atoms with Gasteiger partial charge in [0.15, 0.2) is 11.6 Å². The predicted octanol–water partition coefficient (Wildman–Crippen LogP) is 2.02. The fraction of sp³-hybridized carbons (Fsp3) is 0.0667. The molecule has 0 spiro atoms. The number of nitrogens with one attached hydrogen (secondary N) is 1. The van der Waals surface area contributed by atoms with Crippen molar-refractivity contribution >= 4 is 5.78 Å². The van der Waals surface area contributed by atoms with E-state index in [1.807, 2.05) is 54.6 Å². The Morgan fingerprint density at radius 3 is 2.55 bits per heavy atom. The molecule has 0 unspecified atom stereocenters. The molecule has 20 heavy (non-hydrogen) atoms. The molecule has 3 rings (SSSR count). The zero-order valence-corrected chi connectivity index (χ0v) is 10.7. The summed E-state index contributed by atoms with van der Waals surface area (Å²) in [5.74, 6) is 0.620. The highest BCUT2D eigenvalue weighted by atomic mass is 16.1. The van der Waals surface area contributed by atoms with Crippen molar-refractivity contribution in [3.05, 3.63) is 77.1 Å². The lowest BCUT2D eigenvalue weighted by Crippen LogP contribution is -2.02. The van der Waals surface area contributed by atoms with Crippen molar-refractivity contribution in [2.24, 2.45) is 0 Å². The Hall–Kier alpha value is -2.82. The normalized spacial score (nSPS) is 10.4. The van der Waals surface area contributed by atoms with E-state index in [4.69, 9.17) is 0 Å². The quantitative estimate of drug-likeness (QED) is 0.732. The Balaban J connectivity index is 1.86. The van der Waals surface area contributed by atoms with Gasteiger partial charge >= 0.3 is 0 Å². The molecule has 0 aliphatic carbocycles. The summed E-state index contributed by atoms with van der Waals surface area (Å²) in [5.41, 5.74) is 2.33. The number of carbonyl (C=O) groups excluding carboxylic acids is 1. The Bertz CT molecular complexity index is 708. The van der Waals surface area contributed by atoms with E-state index < -0.39 is 0 Å². The molecule has 1 N–H and O–H groups in total. The number of tetrazole rings is 1. The monoisotopic (exact) mass is 264 g/mol. The number of H-pyrrole nitrogens is 1. The third-order valence-corrected chi connectivity index (χ3v) is 2.98. The molecule has 3 aromatic rings. The largest absolute Gasteiger partial charge is 0.289 e. The average Bonchev–Trinajstić information content (AvgIpc) is 3.01. The molecular weight excluding hydrogens is 252 g/mol. The summed E-state index contributed by atoms with van der Waals surface area (Å²) in [6.45, 7) is 0. The minimum atomic E-state index is 0.0144. The number of ketones is 1. The van der Waals surface area contributed by atoms with Crippen LogP contribution >= 0.6 is 0 Å². The summed E-state index contributed by atoms with van der Waals surface area (Å²) in [7, 11) is 0. The van der Waals surface area contributed by atoms with Crippen LogP contribution in [0, 0.1) is 0 Å². The number of aromatic nitrogens is 4. The minimum absolute atomic E-state index is 0.0144. The van der Waals surface area contributed by atoms with Crippen LogP contribution in [0.15, 0.2) is 54.6 Å². The molecule has 0 saturated carbocycles. The first-order chi connectivity index (χ1) is 9.83. The molecule has 2 aromatic carbocycles. The van der Waals surface area contributed by atoms with Gasteiger partial charge in [0, 0.05) is 17.5 Å². The Morgan fingerprint density at radius 2 is 1.80 bits per heavy atom. The molecule has 1 aromatic heterocycles. The van der Waals surface area contributed by atoms with E-state index in [9.17, 15) is 4.79 Å². The molecule has 0 aliphatic heterocycles. The third-order valence-electron chi connectivity index (χ3n) is 2.98. The lowest BCUT2D eigenvalue weighted by molar-refractivity contribution is 0.103. The summed E-state index contributed by atoms with van der Waals surface area (Å²) < 4.78 is 0. The fourth-order valence-corrected chi connectivity index (χ4v) is 2.02. The summed E-state index contributed by atoms with van der Waals surface area (Å²) >= 11 is 0. The van der Waals surface area contributed by atoms with Crippen LogP contribution in [-0.4, -0.2) is 26.4 Å². The maximum Gasteiger partial charge on any atom is 0.193 e. The second-order valence-electron chi connectivity index (χ2n) is 4.40. The molecule has 5 heteroatoms. The van der Waals surface area contributed by atoms with Gasteiger partial charge in [-0.15, -0.1) is 10.2 Å². The van der Waals surface area contributed by atoms with Gasteiger partial charge in [-0.05, 0) is 11.6 Å². The number of carbonyl (C=O) groups is 1. The standard InChI is InChI=1S/C15H12N4O/c20-15(12-6-2-1-3-7-12)13-8-4-5-11(9-13)10-14-16-18-19-17-14/h1-9H,10H2,(H,16,17,18,19). The first-order valence-electron chi connectivity index (χ1n) is 6.24. The van der Waals surface area contributed by atoms with Crippen LogP contribution in [-0.2, 0) is 6.42 Å². The molecule has 0 atom stereocenters. The molecule has 0 bridgehead atoms. The van der Waals surface area contributed by atoms with Crippen molar-refractivity contribution in [3.63, 3.8) is 0 Å². The van der Waals surface area contributed by atoms with E-state index in [-0.39, 0.29) is 5.78 Å².